The van der Waals surface area contributed by atoms with E-state index in [2.05, 4.69) is 4.99 Å². The third-order valence-corrected chi connectivity index (χ3v) is 5.10. The van der Waals surface area contributed by atoms with Gasteiger partial charge in [0.15, 0.2) is 5.17 Å². The van der Waals surface area contributed by atoms with E-state index in [4.69, 9.17) is 4.74 Å². The minimum absolute atomic E-state index is 0.112. The number of hydrogen-bond acceptors (Lipinski definition) is 8. The number of nitro benzene ring substituents is 2. The van der Waals surface area contributed by atoms with E-state index in [1.165, 1.54) is 22.7 Å². The van der Waals surface area contributed by atoms with Crippen LogP contribution in [0, 0.1) is 20.2 Å². The fourth-order valence-electron chi connectivity index (χ4n) is 2.51. The summed E-state index contributed by atoms with van der Waals surface area (Å²) in [7, 11) is 3.26. The van der Waals surface area contributed by atoms with Crippen LogP contribution in [0.15, 0.2) is 52.4 Å². The van der Waals surface area contributed by atoms with Crippen LogP contribution in [0.2, 0.25) is 0 Å². The van der Waals surface area contributed by atoms with Crippen LogP contribution in [0.1, 0.15) is 5.56 Å². The van der Waals surface area contributed by atoms with E-state index < -0.39 is 21.2 Å². The number of benzene rings is 2. The van der Waals surface area contributed by atoms with E-state index in [0.717, 1.165) is 17.7 Å². The van der Waals surface area contributed by atoms with Crippen LogP contribution in [0.4, 0.5) is 11.4 Å². The number of hydrogen-bond donors (Lipinski definition) is 0. The second kappa shape index (κ2) is 8.10. The van der Waals surface area contributed by atoms with Gasteiger partial charge in [-0.25, -0.2) is 0 Å². The molecule has 0 atom stereocenters. The van der Waals surface area contributed by atoms with Crippen molar-refractivity contribution >= 4 is 40.3 Å². The van der Waals surface area contributed by atoms with Crippen LogP contribution in [-0.4, -0.2) is 39.9 Å². The molecule has 1 saturated heterocycles. The maximum atomic E-state index is 12.2. The van der Waals surface area contributed by atoms with E-state index in [1.807, 2.05) is 0 Å². The van der Waals surface area contributed by atoms with Crippen LogP contribution in [0.3, 0.4) is 0 Å². The van der Waals surface area contributed by atoms with Crippen molar-refractivity contribution in [2.75, 3.05) is 14.1 Å². The van der Waals surface area contributed by atoms with Crippen molar-refractivity contribution in [3.63, 3.8) is 0 Å². The first-order valence-electron chi connectivity index (χ1n) is 8.15. The van der Waals surface area contributed by atoms with Crippen LogP contribution in [0.5, 0.6) is 11.5 Å². The predicted octanol–water partition coefficient (Wildman–Crippen LogP) is 3.83. The molecular formula is C18H14N4O6S. The highest BCUT2D eigenvalue weighted by Crippen LogP contribution is 2.35. The zero-order chi connectivity index (χ0) is 21.1. The normalized spacial score (nSPS) is 16.5. The zero-order valence-electron chi connectivity index (χ0n) is 15.3. The summed E-state index contributed by atoms with van der Waals surface area (Å²) in [5.41, 5.74) is -0.172. The lowest BCUT2D eigenvalue weighted by Gasteiger charge is -2.07. The Hall–Kier alpha value is -3.73. The molecule has 0 radical (unpaired) electrons. The number of likely N-dealkylation sites (N-methyl/N-ethyl adjacent to an activating group) is 1. The number of amidine groups is 1. The third kappa shape index (κ3) is 4.24. The van der Waals surface area contributed by atoms with E-state index >= 15 is 0 Å². The molecule has 0 N–H and O–H groups in total. The summed E-state index contributed by atoms with van der Waals surface area (Å²) >= 11 is 1.26. The number of non-ortho nitro benzene ring substituents is 1. The van der Waals surface area contributed by atoms with Gasteiger partial charge in [-0.05, 0) is 41.6 Å². The number of carbonyl (C=O) groups excluding carboxylic acids is 1. The molecule has 1 fully saturated rings. The van der Waals surface area contributed by atoms with Crippen molar-refractivity contribution in [2.24, 2.45) is 4.99 Å². The van der Waals surface area contributed by atoms with Gasteiger partial charge in [0.25, 0.3) is 11.6 Å². The van der Waals surface area contributed by atoms with Crippen LogP contribution >= 0.6 is 11.8 Å². The summed E-state index contributed by atoms with van der Waals surface area (Å²) < 4.78 is 5.52. The molecule has 148 valence electrons. The fourth-order valence-corrected chi connectivity index (χ4v) is 3.44. The second-order valence-electron chi connectivity index (χ2n) is 5.82. The Morgan fingerprint density at radius 3 is 2.34 bits per heavy atom. The van der Waals surface area contributed by atoms with Gasteiger partial charge in [-0.15, -0.1) is 0 Å². The Labute approximate surface area is 168 Å². The molecule has 0 aliphatic carbocycles. The average molecular weight is 414 g/mol. The van der Waals surface area contributed by atoms with Crippen molar-refractivity contribution in [3.8, 4) is 11.5 Å². The van der Waals surface area contributed by atoms with Crippen LogP contribution in [0.25, 0.3) is 6.08 Å². The maximum Gasteiger partial charge on any atom is 0.318 e. The summed E-state index contributed by atoms with van der Waals surface area (Å²) in [5, 5.41) is 22.6. The molecular weight excluding hydrogens is 400 g/mol. The molecule has 11 heteroatoms. The Bertz CT molecular complexity index is 1060. The summed E-state index contributed by atoms with van der Waals surface area (Å²) in [6.07, 6.45) is 1.71. The summed E-state index contributed by atoms with van der Waals surface area (Å²) in [6, 6.07) is 9.71. The second-order valence-corrected chi connectivity index (χ2v) is 6.83. The molecule has 2 aromatic carbocycles. The summed E-state index contributed by atoms with van der Waals surface area (Å²) in [5.74, 6) is 0.0403. The zero-order valence-corrected chi connectivity index (χ0v) is 16.1. The molecule has 0 aromatic heterocycles. The number of rotatable bonds is 5. The highest BCUT2D eigenvalue weighted by Gasteiger charge is 2.29. The summed E-state index contributed by atoms with van der Waals surface area (Å²) in [6.45, 7) is 0. The van der Waals surface area contributed by atoms with Crippen molar-refractivity contribution in [1.82, 2.24) is 4.90 Å². The fraction of sp³-hybridized carbons (Fsp3) is 0.111. The Balaban J connectivity index is 1.82. The van der Waals surface area contributed by atoms with E-state index in [1.54, 1.807) is 44.4 Å². The van der Waals surface area contributed by atoms with Crippen molar-refractivity contribution < 1.29 is 19.4 Å². The Morgan fingerprint density at radius 2 is 1.79 bits per heavy atom. The first kappa shape index (κ1) is 20.0. The molecule has 1 heterocycles. The first-order valence-corrected chi connectivity index (χ1v) is 8.97. The standard InChI is InChI=1S/C18H14N4O6S/c1-19-18-20(2)17(23)16(29-18)9-11-3-6-13(7-4-11)28-15-8-5-12(21(24)25)10-14(15)22(26)27/h3-10H,1-2H3/b16-9-,19-18?. The molecule has 1 amide bonds. The number of ether oxygens (including phenoxy) is 1. The SMILES string of the molecule is CN=C1S/C(=C\c2ccc(Oc3ccc([N+](=O)[O-])cc3[N+](=O)[O-])cc2)C(=O)N1C. The van der Waals surface area contributed by atoms with Gasteiger partial charge in [-0.3, -0.25) is 34.9 Å². The van der Waals surface area contributed by atoms with Gasteiger partial charge in [0.1, 0.15) is 5.75 Å². The number of nitro groups is 2. The highest BCUT2D eigenvalue weighted by atomic mass is 32.2. The van der Waals surface area contributed by atoms with E-state index in [0.29, 0.717) is 15.8 Å². The van der Waals surface area contributed by atoms with Crippen LogP contribution in [-0.2, 0) is 4.79 Å². The Morgan fingerprint density at radius 1 is 1.10 bits per heavy atom. The molecule has 2 aromatic rings. The quantitative estimate of drug-likeness (QED) is 0.413. The van der Waals surface area contributed by atoms with E-state index in [-0.39, 0.29) is 11.7 Å². The molecule has 1 aliphatic rings. The first-order chi connectivity index (χ1) is 13.8. The number of aliphatic imine (C=N–C) groups is 1. The molecule has 1 aliphatic heterocycles. The molecule has 0 saturated carbocycles. The molecule has 10 nitrogen and oxygen atoms in total. The summed E-state index contributed by atoms with van der Waals surface area (Å²) in [4.78, 5) is 38.7. The van der Waals surface area contributed by atoms with Gasteiger partial charge in [0.05, 0.1) is 20.8 Å². The topological polar surface area (TPSA) is 128 Å². The van der Waals surface area contributed by atoms with Crippen molar-refractivity contribution in [2.45, 2.75) is 0 Å². The van der Waals surface area contributed by atoms with Gasteiger partial charge in [0, 0.05) is 20.2 Å². The lowest BCUT2D eigenvalue weighted by Crippen LogP contribution is -2.23. The monoisotopic (exact) mass is 414 g/mol. The number of carbonyl (C=O) groups is 1. The average Bonchev–Trinajstić information content (AvgIpc) is 2.97. The van der Waals surface area contributed by atoms with Gasteiger partial charge in [-0.1, -0.05) is 12.1 Å². The Kier molecular flexibility index (Phi) is 5.59. The number of amides is 1. The largest absolute Gasteiger partial charge is 0.450 e. The van der Waals surface area contributed by atoms with E-state index in [9.17, 15) is 25.0 Å². The van der Waals surface area contributed by atoms with Gasteiger partial charge >= 0.3 is 5.69 Å². The maximum absolute atomic E-state index is 12.2. The number of nitrogens with zero attached hydrogens (tertiary/aromatic N) is 4. The lowest BCUT2D eigenvalue weighted by molar-refractivity contribution is -0.394. The molecule has 0 spiro atoms. The molecule has 0 unspecified atom stereocenters. The van der Waals surface area contributed by atoms with Gasteiger partial charge in [-0.2, -0.15) is 0 Å². The van der Waals surface area contributed by atoms with Gasteiger partial charge < -0.3 is 4.74 Å². The van der Waals surface area contributed by atoms with Crippen molar-refractivity contribution in [3.05, 3.63) is 73.2 Å². The minimum Gasteiger partial charge on any atom is -0.450 e. The number of thioether (sulfide) groups is 1. The molecule has 0 bridgehead atoms. The third-order valence-electron chi connectivity index (χ3n) is 3.95. The molecule has 3 rings (SSSR count). The smallest absolute Gasteiger partial charge is 0.318 e. The van der Waals surface area contributed by atoms with Crippen LogP contribution < -0.4 is 4.74 Å². The minimum atomic E-state index is -0.743. The predicted molar refractivity (Wildman–Crippen MR) is 108 cm³/mol. The lowest BCUT2D eigenvalue weighted by atomic mass is 10.2. The molecule has 29 heavy (non-hydrogen) atoms. The van der Waals surface area contributed by atoms with Gasteiger partial charge in [0.2, 0.25) is 5.75 Å². The van der Waals surface area contributed by atoms with Crippen molar-refractivity contribution in [1.29, 1.82) is 0 Å². The highest BCUT2D eigenvalue weighted by molar-refractivity contribution is 8.18.